The van der Waals surface area contributed by atoms with E-state index >= 15 is 0 Å². The van der Waals surface area contributed by atoms with Crippen molar-refractivity contribution in [1.29, 1.82) is 0 Å². The van der Waals surface area contributed by atoms with E-state index in [0.29, 0.717) is 5.92 Å². The molecule has 0 aromatic carbocycles. The molecule has 0 unspecified atom stereocenters. The van der Waals surface area contributed by atoms with Gasteiger partial charge in [0.05, 0.1) is 0 Å². The molecule has 3 heteroatoms. The molecule has 0 amide bonds. The van der Waals surface area contributed by atoms with Crippen molar-refractivity contribution in [3.63, 3.8) is 0 Å². The lowest BCUT2D eigenvalue weighted by Crippen LogP contribution is -2.09. The van der Waals surface area contributed by atoms with Crippen molar-refractivity contribution in [1.82, 2.24) is 9.55 Å². The molecule has 72 valence electrons. The molecule has 2 rings (SSSR count). The van der Waals surface area contributed by atoms with Crippen LogP contribution < -0.4 is 0 Å². The summed E-state index contributed by atoms with van der Waals surface area (Å²) in [5.41, 5.74) is 0. The summed E-state index contributed by atoms with van der Waals surface area (Å²) in [5.74, 6) is 1.96. The molecule has 1 aromatic rings. The fourth-order valence-corrected chi connectivity index (χ4v) is 2.67. The van der Waals surface area contributed by atoms with Gasteiger partial charge in [0.25, 0.3) is 0 Å². The second-order valence-corrected chi connectivity index (χ2v) is 4.68. The van der Waals surface area contributed by atoms with Crippen LogP contribution in [0.25, 0.3) is 0 Å². The zero-order chi connectivity index (χ0) is 9.26. The Hall–Kier alpha value is -0.310. The van der Waals surface area contributed by atoms with Crippen molar-refractivity contribution >= 4 is 15.9 Å². The first kappa shape index (κ1) is 9.25. The maximum Gasteiger partial charge on any atom is 0.124 e. The SMILES string of the molecule is Cn1cc(Br)nc1C1CCCCC1. The lowest BCUT2D eigenvalue weighted by atomic mass is 9.89. The quantitative estimate of drug-likeness (QED) is 0.740. The molecule has 0 saturated heterocycles. The Kier molecular flexibility index (Phi) is 2.72. The molecular weight excluding hydrogens is 228 g/mol. The Labute approximate surface area is 87.5 Å². The van der Waals surface area contributed by atoms with E-state index in [0.717, 1.165) is 4.60 Å². The van der Waals surface area contributed by atoms with E-state index in [-0.39, 0.29) is 0 Å². The van der Waals surface area contributed by atoms with Crippen LogP contribution in [0.15, 0.2) is 10.8 Å². The number of rotatable bonds is 1. The molecule has 1 aliphatic rings. The third-order valence-corrected chi connectivity index (χ3v) is 3.24. The summed E-state index contributed by atoms with van der Waals surface area (Å²) in [5, 5.41) is 0. The van der Waals surface area contributed by atoms with Crippen LogP contribution in [0.2, 0.25) is 0 Å². The van der Waals surface area contributed by atoms with Crippen LogP contribution in [-0.4, -0.2) is 9.55 Å². The minimum Gasteiger partial charge on any atom is -0.337 e. The van der Waals surface area contributed by atoms with Gasteiger partial charge in [-0.3, -0.25) is 0 Å². The summed E-state index contributed by atoms with van der Waals surface area (Å²) >= 11 is 3.42. The highest BCUT2D eigenvalue weighted by atomic mass is 79.9. The van der Waals surface area contributed by atoms with Gasteiger partial charge in [0.1, 0.15) is 10.4 Å². The molecule has 2 nitrogen and oxygen atoms in total. The number of hydrogen-bond donors (Lipinski definition) is 0. The van der Waals surface area contributed by atoms with E-state index in [1.165, 1.54) is 37.9 Å². The van der Waals surface area contributed by atoms with Crippen LogP contribution in [0.1, 0.15) is 43.8 Å². The van der Waals surface area contributed by atoms with Crippen molar-refractivity contribution < 1.29 is 0 Å². The third-order valence-electron chi connectivity index (χ3n) is 2.85. The number of aryl methyl sites for hydroxylation is 1. The molecule has 1 aliphatic carbocycles. The van der Waals surface area contributed by atoms with Crippen LogP contribution in [0.3, 0.4) is 0 Å². The van der Waals surface area contributed by atoms with Crippen LogP contribution in [0.5, 0.6) is 0 Å². The fraction of sp³-hybridized carbons (Fsp3) is 0.700. The standard InChI is InChI=1S/C10H15BrN2/c1-13-7-9(11)12-10(13)8-5-3-2-4-6-8/h7-8H,2-6H2,1H3. The number of halogens is 1. The Balaban J connectivity index is 2.18. The highest BCUT2D eigenvalue weighted by Gasteiger charge is 2.19. The number of nitrogens with zero attached hydrogens (tertiary/aromatic N) is 2. The molecule has 0 atom stereocenters. The van der Waals surface area contributed by atoms with Crippen LogP contribution in [-0.2, 0) is 7.05 Å². The number of hydrogen-bond acceptors (Lipinski definition) is 1. The molecule has 1 aromatic heterocycles. The Bertz CT molecular complexity index is 287. The largest absolute Gasteiger partial charge is 0.337 e. The van der Waals surface area contributed by atoms with Crippen molar-refractivity contribution in [2.45, 2.75) is 38.0 Å². The predicted molar refractivity (Wildman–Crippen MR) is 56.7 cm³/mol. The first-order valence-corrected chi connectivity index (χ1v) is 5.75. The lowest BCUT2D eigenvalue weighted by molar-refractivity contribution is 0.421. The minimum absolute atomic E-state index is 0.699. The normalized spacial score (nSPS) is 19.2. The van der Waals surface area contributed by atoms with E-state index in [9.17, 15) is 0 Å². The molecule has 0 bridgehead atoms. The molecular formula is C10H15BrN2. The maximum absolute atomic E-state index is 4.51. The number of imidazole rings is 1. The average Bonchev–Trinajstić information content (AvgIpc) is 2.47. The third kappa shape index (κ3) is 1.96. The highest BCUT2D eigenvalue weighted by molar-refractivity contribution is 9.10. The summed E-state index contributed by atoms with van der Waals surface area (Å²) in [6, 6.07) is 0. The molecule has 1 heterocycles. The van der Waals surface area contributed by atoms with E-state index < -0.39 is 0 Å². The zero-order valence-corrected chi connectivity index (χ0v) is 9.55. The summed E-state index contributed by atoms with van der Waals surface area (Å²) in [6.45, 7) is 0. The summed E-state index contributed by atoms with van der Waals surface area (Å²) in [4.78, 5) is 4.51. The second kappa shape index (κ2) is 3.82. The predicted octanol–water partition coefficient (Wildman–Crippen LogP) is 3.23. The zero-order valence-electron chi connectivity index (χ0n) is 7.96. The van der Waals surface area contributed by atoms with Crippen molar-refractivity contribution in [2.24, 2.45) is 7.05 Å². The van der Waals surface area contributed by atoms with Gasteiger partial charge in [-0.15, -0.1) is 0 Å². The van der Waals surface area contributed by atoms with E-state index in [4.69, 9.17) is 0 Å². The van der Waals surface area contributed by atoms with Gasteiger partial charge in [-0.2, -0.15) is 0 Å². The fourth-order valence-electron chi connectivity index (χ4n) is 2.18. The van der Waals surface area contributed by atoms with Gasteiger partial charge < -0.3 is 4.57 Å². The molecule has 1 saturated carbocycles. The maximum atomic E-state index is 4.51. The van der Waals surface area contributed by atoms with E-state index in [2.05, 4.69) is 32.5 Å². The Morgan fingerprint density at radius 2 is 2.08 bits per heavy atom. The molecule has 1 fully saturated rings. The molecule has 13 heavy (non-hydrogen) atoms. The number of aromatic nitrogens is 2. The van der Waals surface area contributed by atoms with E-state index in [1.807, 2.05) is 6.20 Å². The smallest absolute Gasteiger partial charge is 0.124 e. The Morgan fingerprint density at radius 1 is 1.38 bits per heavy atom. The van der Waals surface area contributed by atoms with Crippen molar-refractivity contribution in [3.05, 3.63) is 16.6 Å². The highest BCUT2D eigenvalue weighted by Crippen LogP contribution is 2.32. The average molecular weight is 243 g/mol. The van der Waals surface area contributed by atoms with Gasteiger partial charge in [0.15, 0.2) is 0 Å². The lowest BCUT2D eigenvalue weighted by Gasteiger charge is -2.20. The van der Waals surface area contributed by atoms with Gasteiger partial charge in [-0.05, 0) is 28.8 Å². The first-order chi connectivity index (χ1) is 6.27. The van der Waals surface area contributed by atoms with Crippen LogP contribution in [0, 0.1) is 0 Å². The van der Waals surface area contributed by atoms with Gasteiger partial charge >= 0.3 is 0 Å². The van der Waals surface area contributed by atoms with E-state index in [1.54, 1.807) is 0 Å². The first-order valence-electron chi connectivity index (χ1n) is 4.96. The van der Waals surface area contributed by atoms with Crippen molar-refractivity contribution in [2.75, 3.05) is 0 Å². The summed E-state index contributed by atoms with van der Waals surface area (Å²) in [7, 11) is 2.09. The van der Waals surface area contributed by atoms with Gasteiger partial charge in [-0.25, -0.2) is 4.98 Å². The van der Waals surface area contributed by atoms with Gasteiger partial charge in [0, 0.05) is 19.2 Å². The molecule has 0 aliphatic heterocycles. The Morgan fingerprint density at radius 3 is 2.62 bits per heavy atom. The molecule has 0 spiro atoms. The topological polar surface area (TPSA) is 17.8 Å². The molecule has 0 N–H and O–H groups in total. The summed E-state index contributed by atoms with van der Waals surface area (Å²) < 4.78 is 3.12. The minimum atomic E-state index is 0.699. The van der Waals surface area contributed by atoms with Crippen LogP contribution in [0.4, 0.5) is 0 Å². The van der Waals surface area contributed by atoms with Gasteiger partial charge in [-0.1, -0.05) is 19.3 Å². The van der Waals surface area contributed by atoms with Crippen LogP contribution >= 0.6 is 15.9 Å². The second-order valence-electron chi connectivity index (χ2n) is 3.87. The van der Waals surface area contributed by atoms with Gasteiger partial charge in [0.2, 0.25) is 0 Å². The van der Waals surface area contributed by atoms with Crippen molar-refractivity contribution in [3.8, 4) is 0 Å². The monoisotopic (exact) mass is 242 g/mol. The summed E-state index contributed by atoms with van der Waals surface area (Å²) in [6.07, 6.45) is 8.82. The molecule has 0 radical (unpaired) electrons.